The van der Waals surface area contributed by atoms with Crippen LogP contribution in [0, 0.1) is 0 Å². The first-order valence-electron chi connectivity index (χ1n) is 2.52. The van der Waals surface area contributed by atoms with Gasteiger partial charge in [0.2, 0.25) is 0 Å². The summed E-state index contributed by atoms with van der Waals surface area (Å²) in [6.07, 6.45) is 0. The van der Waals surface area contributed by atoms with Crippen LogP contribution in [0.2, 0.25) is 0 Å². The van der Waals surface area contributed by atoms with Crippen LogP contribution in [-0.2, 0) is 9.47 Å². The van der Waals surface area contributed by atoms with Crippen LogP contribution >= 0.6 is 12.2 Å². The van der Waals surface area contributed by atoms with E-state index in [1.807, 2.05) is 0 Å². The summed E-state index contributed by atoms with van der Waals surface area (Å²) in [4.78, 5) is 3.63. The quantitative estimate of drug-likeness (QED) is 0.248. The van der Waals surface area contributed by atoms with E-state index in [9.17, 15) is 0 Å². The van der Waals surface area contributed by atoms with Crippen LogP contribution in [-0.4, -0.2) is 32.2 Å². The summed E-state index contributed by atoms with van der Waals surface area (Å²) in [5.41, 5.74) is 0. The lowest BCUT2D eigenvalue weighted by molar-refractivity contribution is -0.0270. The maximum Gasteiger partial charge on any atom is 0.146 e. The van der Waals surface area contributed by atoms with Gasteiger partial charge in [0.25, 0.3) is 0 Å². The molecule has 3 nitrogen and oxygen atoms in total. The van der Waals surface area contributed by atoms with Gasteiger partial charge in [0.15, 0.2) is 0 Å². The minimum absolute atomic E-state index is 0.312. The van der Waals surface area contributed by atoms with E-state index in [1.165, 1.54) is 0 Å². The smallest absolute Gasteiger partial charge is 0.146 e. The third kappa shape index (κ3) is 7.72. The van der Waals surface area contributed by atoms with Crippen LogP contribution in [0.15, 0.2) is 4.99 Å². The van der Waals surface area contributed by atoms with Gasteiger partial charge in [-0.2, -0.15) is 0 Å². The van der Waals surface area contributed by atoms with Gasteiger partial charge in [-0.1, -0.05) is 0 Å². The fraction of sp³-hybridized carbons (Fsp3) is 0.800. The van der Waals surface area contributed by atoms with E-state index < -0.39 is 0 Å². The molecular formula is C5H9NO2S. The molecule has 0 aliphatic heterocycles. The van der Waals surface area contributed by atoms with Crippen molar-refractivity contribution in [2.45, 2.75) is 0 Å². The van der Waals surface area contributed by atoms with Crippen molar-refractivity contribution in [3.63, 3.8) is 0 Å². The molecule has 0 atom stereocenters. The van der Waals surface area contributed by atoms with Gasteiger partial charge in [0.1, 0.15) is 6.79 Å². The number of nitrogens with zero attached hydrogens (tertiary/aromatic N) is 1. The number of ether oxygens (including phenoxy) is 2. The summed E-state index contributed by atoms with van der Waals surface area (Å²) in [6, 6.07) is 0. The Morgan fingerprint density at radius 3 is 3.00 bits per heavy atom. The molecule has 0 heterocycles. The molecule has 0 aliphatic rings. The molecule has 0 amide bonds. The van der Waals surface area contributed by atoms with Gasteiger partial charge in [0, 0.05) is 7.11 Å². The number of rotatable bonds is 5. The Morgan fingerprint density at radius 1 is 1.67 bits per heavy atom. The number of hydrogen-bond donors (Lipinski definition) is 0. The minimum atomic E-state index is 0.312. The van der Waals surface area contributed by atoms with Crippen molar-refractivity contribution in [3.8, 4) is 0 Å². The maximum atomic E-state index is 4.88. The van der Waals surface area contributed by atoms with Gasteiger partial charge in [-0.15, -0.1) is 0 Å². The Kier molecular flexibility index (Phi) is 7.48. The second-order valence-corrected chi connectivity index (χ2v) is 1.47. The van der Waals surface area contributed by atoms with Crippen molar-refractivity contribution in [1.29, 1.82) is 0 Å². The number of methoxy groups -OCH3 is 1. The predicted molar refractivity (Wildman–Crippen MR) is 37.7 cm³/mol. The summed E-state index contributed by atoms with van der Waals surface area (Å²) < 4.78 is 9.49. The van der Waals surface area contributed by atoms with Crippen molar-refractivity contribution in [3.05, 3.63) is 0 Å². The lowest BCUT2D eigenvalue weighted by Gasteiger charge is -1.96. The van der Waals surface area contributed by atoms with Crippen LogP contribution in [0.25, 0.3) is 0 Å². The molecule has 9 heavy (non-hydrogen) atoms. The molecule has 0 N–H and O–H groups in total. The summed E-state index contributed by atoms with van der Waals surface area (Å²) in [5.74, 6) is 0. The fourth-order valence-corrected chi connectivity index (χ4v) is 0.389. The van der Waals surface area contributed by atoms with E-state index in [2.05, 4.69) is 27.1 Å². The number of isothiocyanates is 1. The molecular weight excluding hydrogens is 138 g/mol. The Hall–Kier alpha value is -0.280. The molecule has 0 unspecified atom stereocenters. The van der Waals surface area contributed by atoms with Crippen LogP contribution in [0.3, 0.4) is 0 Å². The highest BCUT2D eigenvalue weighted by Crippen LogP contribution is 1.74. The van der Waals surface area contributed by atoms with E-state index in [-0.39, 0.29) is 0 Å². The zero-order valence-corrected chi connectivity index (χ0v) is 6.11. The van der Waals surface area contributed by atoms with Crippen LogP contribution in [0.4, 0.5) is 0 Å². The van der Waals surface area contributed by atoms with Gasteiger partial charge in [-0.25, -0.2) is 4.99 Å². The first-order chi connectivity index (χ1) is 4.41. The predicted octanol–water partition coefficient (Wildman–Crippen LogP) is 0.710. The Bertz CT molecular complexity index is 101. The molecule has 0 bridgehead atoms. The zero-order valence-electron chi connectivity index (χ0n) is 5.29. The molecule has 0 radical (unpaired) electrons. The van der Waals surface area contributed by atoms with Gasteiger partial charge >= 0.3 is 0 Å². The zero-order chi connectivity index (χ0) is 6.95. The second-order valence-electron chi connectivity index (χ2n) is 1.29. The largest absolute Gasteiger partial charge is 0.359 e. The molecule has 0 aromatic heterocycles. The summed E-state index contributed by atoms with van der Waals surface area (Å²) in [6.45, 7) is 1.41. The van der Waals surface area contributed by atoms with E-state index in [4.69, 9.17) is 4.74 Å². The normalized spacial score (nSPS) is 8.56. The number of hydrogen-bond acceptors (Lipinski definition) is 4. The third-order valence-corrected chi connectivity index (χ3v) is 0.742. The second kappa shape index (κ2) is 7.72. The van der Waals surface area contributed by atoms with Crippen molar-refractivity contribution >= 4 is 17.4 Å². The van der Waals surface area contributed by atoms with Crippen LogP contribution < -0.4 is 0 Å². The van der Waals surface area contributed by atoms with Crippen molar-refractivity contribution in [2.75, 3.05) is 27.1 Å². The molecule has 52 valence electrons. The topological polar surface area (TPSA) is 30.8 Å². The average Bonchev–Trinajstić information content (AvgIpc) is 1.89. The Morgan fingerprint density at radius 2 is 2.44 bits per heavy atom. The van der Waals surface area contributed by atoms with Gasteiger partial charge < -0.3 is 9.47 Å². The van der Waals surface area contributed by atoms with Crippen molar-refractivity contribution in [1.82, 2.24) is 0 Å². The average molecular weight is 147 g/mol. The van der Waals surface area contributed by atoms with Crippen LogP contribution in [0.1, 0.15) is 0 Å². The summed E-state index contributed by atoms with van der Waals surface area (Å²) in [5, 5.41) is 2.23. The first-order valence-corrected chi connectivity index (χ1v) is 2.93. The number of aliphatic imine (C=N–C) groups is 1. The first kappa shape index (κ1) is 8.72. The molecule has 0 saturated heterocycles. The number of thiocarbonyl (C=S) groups is 1. The monoisotopic (exact) mass is 147 g/mol. The van der Waals surface area contributed by atoms with Gasteiger partial charge in [-0.05, 0) is 12.2 Å². The van der Waals surface area contributed by atoms with E-state index in [1.54, 1.807) is 7.11 Å². The molecule has 0 spiro atoms. The highest BCUT2D eigenvalue weighted by Gasteiger charge is 1.80. The SMILES string of the molecule is COCOCCN=C=S. The van der Waals surface area contributed by atoms with E-state index in [0.29, 0.717) is 19.9 Å². The van der Waals surface area contributed by atoms with E-state index in [0.717, 1.165) is 0 Å². The molecule has 0 aromatic carbocycles. The molecule has 0 rings (SSSR count). The molecule has 0 fully saturated rings. The highest BCUT2D eigenvalue weighted by atomic mass is 32.1. The molecule has 0 saturated carbocycles. The maximum absolute atomic E-state index is 4.88. The third-order valence-electron chi connectivity index (χ3n) is 0.613. The fourth-order valence-electron chi connectivity index (χ4n) is 0.298. The summed E-state index contributed by atoms with van der Waals surface area (Å²) >= 11 is 4.33. The lowest BCUT2D eigenvalue weighted by atomic mass is 10.7. The standard InChI is InChI=1S/C5H9NO2S/c1-7-5-8-3-2-6-4-9/h2-3,5H2,1H3. The lowest BCUT2D eigenvalue weighted by Crippen LogP contribution is -2.00. The van der Waals surface area contributed by atoms with Crippen molar-refractivity contribution in [2.24, 2.45) is 4.99 Å². The highest BCUT2D eigenvalue weighted by molar-refractivity contribution is 7.78. The van der Waals surface area contributed by atoms with Crippen molar-refractivity contribution < 1.29 is 9.47 Å². The van der Waals surface area contributed by atoms with Gasteiger partial charge in [-0.3, -0.25) is 0 Å². The molecule has 0 aromatic rings. The molecule has 4 heteroatoms. The van der Waals surface area contributed by atoms with Gasteiger partial charge in [0.05, 0.1) is 18.3 Å². The Labute approximate surface area is 59.7 Å². The molecule has 0 aliphatic carbocycles. The summed E-state index contributed by atoms with van der Waals surface area (Å²) in [7, 11) is 1.57. The van der Waals surface area contributed by atoms with Crippen LogP contribution in [0.5, 0.6) is 0 Å². The van der Waals surface area contributed by atoms with E-state index >= 15 is 0 Å². The minimum Gasteiger partial charge on any atom is -0.359 e. The Balaban J connectivity index is 2.82.